The van der Waals surface area contributed by atoms with Gasteiger partial charge in [0.1, 0.15) is 11.6 Å². The van der Waals surface area contributed by atoms with Crippen molar-refractivity contribution < 1.29 is 13.7 Å². The summed E-state index contributed by atoms with van der Waals surface area (Å²) in [6, 6.07) is 4.56. The topological polar surface area (TPSA) is 60.2 Å². The normalized spacial score (nSPS) is 12.4. The molecule has 0 saturated heterocycles. The van der Waals surface area contributed by atoms with Crippen LogP contribution in [0.25, 0.3) is 0 Å². The van der Waals surface area contributed by atoms with Gasteiger partial charge >= 0.3 is 0 Å². The maximum absolute atomic E-state index is 13.4. The molecular formula is C15H20FN3O2. The third kappa shape index (κ3) is 4.01. The Hall–Kier alpha value is -1.95. The second-order valence-electron chi connectivity index (χ2n) is 4.84. The third-order valence-corrected chi connectivity index (χ3v) is 3.21. The van der Waals surface area contributed by atoms with Crippen LogP contribution in [0.3, 0.4) is 0 Å². The van der Waals surface area contributed by atoms with E-state index in [4.69, 9.17) is 9.26 Å². The Kier molecular flexibility index (Phi) is 5.27. The van der Waals surface area contributed by atoms with Gasteiger partial charge in [0.05, 0.1) is 0 Å². The number of nitrogens with one attached hydrogen (secondary N) is 1. The summed E-state index contributed by atoms with van der Waals surface area (Å²) in [7, 11) is 1.84. The quantitative estimate of drug-likeness (QED) is 0.850. The van der Waals surface area contributed by atoms with Crippen LogP contribution in [0.1, 0.15) is 43.6 Å². The van der Waals surface area contributed by atoms with E-state index < -0.39 is 0 Å². The maximum Gasteiger partial charge on any atom is 0.226 e. The summed E-state index contributed by atoms with van der Waals surface area (Å²) >= 11 is 0. The molecule has 2 aromatic rings. The zero-order chi connectivity index (χ0) is 15.2. The minimum Gasteiger partial charge on any atom is -0.485 e. The van der Waals surface area contributed by atoms with Crippen LogP contribution in [0.2, 0.25) is 0 Å². The molecule has 21 heavy (non-hydrogen) atoms. The van der Waals surface area contributed by atoms with E-state index in [0.29, 0.717) is 17.5 Å². The van der Waals surface area contributed by atoms with Crippen molar-refractivity contribution >= 4 is 0 Å². The molecule has 0 aliphatic heterocycles. The van der Waals surface area contributed by atoms with Gasteiger partial charge in [0.15, 0.2) is 6.61 Å². The van der Waals surface area contributed by atoms with Crippen molar-refractivity contribution in [3.63, 3.8) is 0 Å². The number of hydrogen-bond donors (Lipinski definition) is 1. The number of aryl methyl sites for hydroxylation is 1. The van der Waals surface area contributed by atoms with Crippen LogP contribution < -0.4 is 10.1 Å². The van der Waals surface area contributed by atoms with Crippen LogP contribution in [0, 0.1) is 5.82 Å². The summed E-state index contributed by atoms with van der Waals surface area (Å²) in [5.41, 5.74) is 0.885. The number of aromatic nitrogens is 2. The molecule has 0 amide bonds. The van der Waals surface area contributed by atoms with E-state index in [-0.39, 0.29) is 18.5 Å². The number of ether oxygens (including phenoxy) is 1. The SMILES string of the molecule is CCCc1nc(COc2cc(F)ccc2C(C)NC)no1. The van der Waals surface area contributed by atoms with Gasteiger partial charge in [-0.05, 0) is 26.5 Å². The molecule has 0 saturated carbocycles. The smallest absolute Gasteiger partial charge is 0.226 e. The fourth-order valence-electron chi connectivity index (χ4n) is 1.95. The van der Waals surface area contributed by atoms with E-state index in [1.54, 1.807) is 6.07 Å². The van der Waals surface area contributed by atoms with E-state index in [1.165, 1.54) is 12.1 Å². The third-order valence-electron chi connectivity index (χ3n) is 3.21. The summed E-state index contributed by atoms with van der Waals surface area (Å²) in [6.45, 7) is 4.17. The molecule has 0 aliphatic carbocycles. The molecule has 0 radical (unpaired) electrons. The molecule has 1 aromatic carbocycles. The second kappa shape index (κ2) is 7.17. The van der Waals surface area contributed by atoms with Crippen molar-refractivity contribution in [2.24, 2.45) is 0 Å². The first kappa shape index (κ1) is 15.4. The lowest BCUT2D eigenvalue weighted by molar-refractivity contribution is 0.279. The number of halogens is 1. The highest BCUT2D eigenvalue weighted by Crippen LogP contribution is 2.26. The van der Waals surface area contributed by atoms with Gasteiger partial charge < -0.3 is 14.6 Å². The molecule has 0 aliphatic rings. The lowest BCUT2D eigenvalue weighted by atomic mass is 10.1. The van der Waals surface area contributed by atoms with Crippen molar-refractivity contribution in [1.82, 2.24) is 15.5 Å². The number of nitrogens with zero attached hydrogens (tertiary/aromatic N) is 2. The van der Waals surface area contributed by atoms with Gasteiger partial charge in [-0.15, -0.1) is 0 Å². The van der Waals surface area contributed by atoms with E-state index >= 15 is 0 Å². The maximum atomic E-state index is 13.4. The summed E-state index contributed by atoms with van der Waals surface area (Å²) in [6.07, 6.45) is 1.69. The monoisotopic (exact) mass is 293 g/mol. The summed E-state index contributed by atoms with van der Waals surface area (Å²) < 4.78 is 24.1. The Morgan fingerprint density at radius 2 is 2.24 bits per heavy atom. The van der Waals surface area contributed by atoms with Crippen LogP contribution >= 0.6 is 0 Å². The summed E-state index contributed by atoms with van der Waals surface area (Å²) in [4.78, 5) is 4.22. The van der Waals surface area contributed by atoms with Gasteiger partial charge in [0.2, 0.25) is 11.7 Å². The van der Waals surface area contributed by atoms with Crippen molar-refractivity contribution in [3.8, 4) is 5.75 Å². The Morgan fingerprint density at radius 1 is 1.43 bits per heavy atom. The first-order valence-electron chi connectivity index (χ1n) is 7.05. The van der Waals surface area contributed by atoms with Gasteiger partial charge in [-0.2, -0.15) is 4.98 Å². The molecule has 5 nitrogen and oxygen atoms in total. The average molecular weight is 293 g/mol. The van der Waals surface area contributed by atoms with Crippen LogP contribution in [0.4, 0.5) is 4.39 Å². The molecule has 6 heteroatoms. The van der Waals surface area contributed by atoms with E-state index in [1.807, 2.05) is 20.9 Å². The Morgan fingerprint density at radius 3 is 2.95 bits per heavy atom. The van der Waals surface area contributed by atoms with E-state index in [2.05, 4.69) is 15.5 Å². The van der Waals surface area contributed by atoms with E-state index in [9.17, 15) is 4.39 Å². The largest absolute Gasteiger partial charge is 0.485 e. The summed E-state index contributed by atoms with van der Waals surface area (Å²) in [5.74, 6) is 1.21. The molecule has 0 fully saturated rings. The van der Waals surface area contributed by atoms with Gasteiger partial charge in [-0.3, -0.25) is 0 Å². The van der Waals surface area contributed by atoms with Gasteiger partial charge in [0.25, 0.3) is 0 Å². The van der Waals surface area contributed by atoms with Crippen LogP contribution in [0.5, 0.6) is 5.75 Å². The molecule has 1 N–H and O–H groups in total. The molecule has 0 spiro atoms. The van der Waals surface area contributed by atoms with Crippen molar-refractivity contribution in [2.45, 2.75) is 39.3 Å². The van der Waals surface area contributed by atoms with Gasteiger partial charge in [-0.1, -0.05) is 18.1 Å². The standard InChI is InChI=1S/C15H20FN3O2/c1-4-5-15-18-14(19-21-15)9-20-13-8-11(16)6-7-12(13)10(2)17-3/h6-8,10,17H,4-5,9H2,1-3H3. The van der Waals surface area contributed by atoms with Crippen LogP contribution in [0.15, 0.2) is 22.7 Å². The van der Waals surface area contributed by atoms with E-state index in [0.717, 1.165) is 18.4 Å². The molecule has 2 rings (SSSR count). The predicted octanol–water partition coefficient (Wildman–Crippen LogP) is 3.02. The predicted molar refractivity (Wildman–Crippen MR) is 76.5 cm³/mol. The Bertz CT molecular complexity index is 586. The zero-order valence-electron chi connectivity index (χ0n) is 12.5. The molecule has 1 heterocycles. The van der Waals surface area contributed by atoms with Crippen molar-refractivity contribution in [3.05, 3.63) is 41.3 Å². The molecule has 0 bridgehead atoms. The highest BCUT2D eigenvalue weighted by Gasteiger charge is 2.13. The second-order valence-corrected chi connectivity index (χ2v) is 4.84. The molecule has 1 aromatic heterocycles. The molecule has 1 unspecified atom stereocenters. The van der Waals surface area contributed by atoms with Gasteiger partial charge in [0, 0.05) is 24.1 Å². The van der Waals surface area contributed by atoms with Crippen molar-refractivity contribution in [1.29, 1.82) is 0 Å². The minimum absolute atomic E-state index is 0.0570. The zero-order valence-corrected chi connectivity index (χ0v) is 12.5. The van der Waals surface area contributed by atoms with Crippen LogP contribution in [-0.4, -0.2) is 17.2 Å². The number of hydrogen-bond acceptors (Lipinski definition) is 5. The Balaban J connectivity index is 2.09. The lowest BCUT2D eigenvalue weighted by Gasteiger charge is -2.15. The highest BCUT2D eigenvalue weighted by atomic mass is 19.1. The molecule has 114 valence electrons. The first-order valence-corrected chi connectivity index (χ1v) is 7.05. The molecule has 1 atom stereocenters. The number of rotatable bonds is 7. The first-order chi connectivity index (χ1) is 10.1. The molecular weight excluding hydrogens is 273 g/mol. The summed E-state index contributed by atoms with van der Waals surface area (Å²) in [5, 5.41) is 6.95. The van der Waals surface area contributed by atoms with Crippen molar-refractivity contribution in [2.75, 3.05) is 7.05 Å². The fraction of sp³-hybridized carbons (Fsp3) is 0.467. The lowest BCUT2D eigenvalue weighted by Crippen LogP contribution is -2.14. The average Bonchev–Trinajstić information content (AvgIpc) is 2.92. The highest BCUT2D eigenvalue weighted by molar-refractivity contribution is 5.36. The number of benzene rings is 1. The van der Waals surface area contributed by atoms with Gasteiger partial charge in [-0.25, -0.2) is 4.39 Å². The fourth-order valence-corrected chi connectivity index (χ4v) is 1.95. The van der Waals surface area contributed by atoms with Crippen LogP contribution in [-0.2, 0) is 13.0 Å². The Labute approximate surface area is 123 Å². The minimum atomic E-state index is -0.336.